The van der Waals surface area contributed by atoms with Crippen LogP contribution < -0.4 is 3.89 Å². The van der Waals surface area contributed by atoms with Crippen molar-refractivity contribution in [3.8, 4) is 0 Å². The molecule has 20 heavy (non-hydrogen) atoms. The van der Waals surface area contributed by atoms with Gasteiger partial charge in [-0.3, -0.25) is 0 Å². The number of nitrogens with zero attached hydrogens (tertiary/aromatic N) is 2. The minimum absolute atomic E-state index is 0.181. The third kappa shape index (κ3) is 4.48. The molecule has 3 nitrogen and oxygen atoms in total. The lowest BCUT2D eigenvalue weighted by Crippen LogP contribution is -2.41. The molecule has 0 fully saturated rings. The molecule has 1 amide bonds. The smallest absolute Gasteiger partial charge is 0.232 e. The Morgan fingerprint density at radius 1 is 1.40 bits per heavy atom. The van der Waals surface area contributed by atoms with Gasteiger partial charge in [-0.25, -0.2) is 9.10 Å². The number of rotatable bonds is 8. The van der Waals surface area contributed by atoms with Crippen molar-refractivity contribution in [3.63, 3.8) is 0 Å². The first-order valence-electron chi connectivity index (χ1n) is 7.00. The van der Waals surface area contributed by atoms with Crippen molar-refractivity contribution < 1.29 is 4.79 Å². The maximum absolute atomic E-state index is 11.7. The van der Waals surface area contributed by atoms with Gasteiger partial charge in [0.05, 0.1) is 7.05 Å². The molecule has 0 saturated carbocycles. The lowest BCUT2D eigenvalue weighted by atomic mass is 10.2. The van der Waals surface area contributed by atoms with Crippen molar-refractivity contribution >= 4 is 35.8 Å². The van der Waals surface area contributed by atoms with Crippen molar-refractivity contribution in [2.45, 2.75) is 33.6 Å². The standard InChI is InChI=1S/C15H24ClN2OS/c1-5-7-10-17(6-2)20-18(4,12-19)15-9-8-14(16)11-13(15)3/h8-9,11-12H,5-7,10H2,1-4H3/q+1. The molecule has 1 aromatic carbocycles. The maximum Gasteiger partial charge on any atom is 0.318 e. The Hall–Kier alpha value is -0.550. The SMILES string of the molecule is CCCCN(CC)S[N+](C)(C=O)c1ccc(Cl)cc1C. The van der Waals surface area contributed by atoms with E-state index in [4.69, 9.17) is 11.6 Å². The van der Waals surface area contributed by atoms with Crippen LogP contribution in [0.3, 0.4) is 0 Å². The lowest BCUT2D eigenvalue weighted by molar-refractivity contribution is -0.112. The highest BCUT2D eigenvalue weighted by atomic mass is 35.5. The molecule has 0 aliphatic rings. The van der Waals surface area contributed by atoms with Crippen LogP contribution in [-0.2, 0) is 4.79 Å². The van der Waals surface area contributed by atoms with Crippen LogP contribution in [0.15, 0.2) is 18.2 Å². The summed E-state index contributed by atoms with van der Waals surface area (Å²) in [6.07, 6.45) is 3.27. The van der Waals surface area contributed by atoms with E-state index in [0.717, 1.165) is 43.6 Å². The van der Waals surface area contributed by atoms with Gasteiger partial charge in [0.15, 0.2) is 17.8 Å². The largest absolute Gasteiger partial charge is 0.318 e. The molecule has 0 aliphatic heterocycles. The van der Waals surface area contributed by atoms with Gasteiger partial charge in [-0.1, -0.05) is 31.9 Å². The average Bonchev–Trinajstić information content (AvgIpc) is 2.43. The van der Waals surface area contributed by atoms with Crippen LogP contribution in [0.25, 0.3) is 0 Å². The molecule has 0 heterocycles. The Kier molecular flexibility index (Phi) is 7.03. The number of hydrogen-bond donors (Lipinski definition) is 0. The van der Waals surface area contributed by atoms with E-state index in [1.807, 2.05) is 32.2 Å². The Balaban J connectivity index is 2.97. The molecule has 0 spiro atoms. The van der Waals surface area contributed by atoms with Crippen LogP contribution >= 0.6 is 23.7 Å². The van der Waals surface area contributed by atoms with Crippen LogP contribution in [0.2, 0.25) is 5.02 Å². The molecular formula is C15H24ClN2OS+. The fourth-order valence-electron chi connectivity index (χ4n) is 2.07. The average molecular weight is 316 g/mol. The minimum atomic E-state index is 0.181. The normalized spacial score (nSPS) is 14.3. The van der Waals surface area contributed by atoms with Crippen LogP contribution in [0, 0.1) is 6.92 Å². The summed E-state index contributed by atoms with van der Waals surface area (Å²) in [6.45, 7) is 8.19. The zero-order valence-corrected chi connectivity index (χ0v) is 14.3. The van der Waals surface area contributed by atoms with E-state index in [2.05, 4.69) is 18.2 Å². The minimum Gasteiger partial charge on any atom is -0.232 e. The number of halogens is 1. The van der Waals surface area contributed by atoms with Crippen molar-refractivity contribution in [2.75, 3.05) is 20.1 Å². The predicted octanol–water partition coefficient (Wildman–Crippen LogP) is 4.43. The Bertz CT molecular complexity index is 455. The van der Waals surface area contributed by atoms with E-state index < -0.39 is 0 Å². The van der Waals surface area contributed by atoms with Gasteiger partial charge in [-0.05, 0) is 25.5 Å². The molecule has 0 N–H and O–H groups in total. The maximum atomic E-state index is 11.7. The first-order chi connectivity index (χ1) is 9.46. The number of benzene rings is 1. The van der Waals surface area contributed by atoms with Gasteiger partial charge in [0.1, 0.15) is 0 Å². The Morgan fingerprint density at radius 3 is 2.60 bits per heavy atom. The zero-order valence-electron chi connectivity index (χ0n) is 12.7. The van der Waals surface area contributed by atoms with Gasteiger partial charge >= 0.3 is 6.41 Å². The van der Waals surface area contributed by atoms with Crippen molar-refractivity contribution in [3.05, 3.63) is 28.8 Å². The molecule has 5 heteroatoms. The Labute approximate surface area is 131 Å². The summed E-state index contributed by atoms with van der Waals surface area (Å²) in [4.78, 5) is 11.7. The van der Waals surface area contributed by atoms with Gasteiger partial charge in [-0.15, -0.1) is 0 Å². The second-order valence-electron chi connectivity index (χ2n) is 4.98. The van der Waals surface area contributed by atoms with Gasteiger partial charge in [0.2, 0.25) is 0 Å². The second kappa shape index (κ2) is 8.03. The zero-order chi connectivity index (χ0) is 15.2. The summed E-state index contributed by atoms with van der Waals surface area (Å²) in [5.41, 5.74) is 2.01. The van der Waals surface area contributed by atoms with Gasteiger partial charge < -0.3 is 0 Å². The summed E-state index contributed by atoms with van der Waals surface area (Å²) < 4.78 is 2.42. The molecule has 1 aromatic rings. The summed E-state index contributed by atoms with van der Waals surface area (Å²) in [6, 6.07) is 5.68. The molecule has 0 saturated heterocycles. The number of carbonyl (C=O) groups excluding carboxylic acids is 1. The van der Waals surface area contributed by atoms with E-state index in [1.165, 1.54) is 0 Å². The predicted molar refractivity (Wildman–Crippen MR) is 89.7 cm³/mol. The molecule has 0 bridgehead atoms. The van der Waals surface area contributed by atoms with E-state index in [0.29, 0.717) is 5.02 Å². The monoisotopic (exact) mass is 315 g/mol. The van der Waals surface area contributed by atoms with E-state index in [-0.39, 0.29) is 3.89 Å². The number of unbranched alkanes of at least 4 members (excludes halogenated alkanes) is 1. The molecular weight excluding hydrogens is 292 g/mol. The van der Waals surface area contributed by atoms with Crippen molar-refractivity contribution in [1.82, 2.24) is 8.19 Å². The first-order valence-corrected chi connectivity index (χ1v) is 8.11. The summed E-state index contributed by atoms with van der Waals surface area (Å²) in [5.74, 6) is 0. The summed E-state index contributed by atoms with van der Waals surface area (Å²) in [7, 11) is 1.92. The highest BCUT2D eigenvalue weighted by molar-refractivity contribution is 7.97. The summed E-state index contributed by atoms with van der Waals surface area (Å²) >= 11 is 7.56. The van der Waals surface area contributed by atoms with E-state index in [9.17, 15) is 4.79 Å². The number of hydrogen-bond acceptors (Lipinski definition) is 3. The third-order valence-electron chi connectivity index (χ3n) is 3.24. The molecule has 112 valence electrons. The molecule has 0 aromatic heterocycles. The fraction of sp³-hybridized carbons (Fsp3) is 0.533. The lowest BCUT2D eigenvalue weighted by Gasteiger charge is -2.30. The van der Waals surface area contributed by atoms with Crippen LogP contribution in [-0.4, -0.2) is 30.9 Å². The van der Waals surface area contributed by atoms with Gasteiger partial charge in [0.25, 0.3) is 0 Å². The van der Waals surface area contributed by atoms with E-state index >= 15 is 0 Å². The molecule has 1 rings (SSSR count). The number of amides is 1. The van der Waals surface area contributed by atoms with Crippen molar-refractivity contribution in [2.24, 2.45) is 0 Å². The highest BCUT2D eigenvalue weighted by Crippen LogP contribution is 2.34. The molecule has 0 radical (unpaired) electrons. The molecule has 1 atom stereocenters. The molecule has 1 unspecified atom stereocenters. The van der Waals surface area contributed by atoms with Gasteiger partial charge in [0, 0.05) is 29.7 Å². The number of quaternary nitrogens is 1. The van der Waals surface area contributed by atoms with Crippen LogP contribution in [0.5, 0.6) is 0 Å². The quantitative estimate of drug-likeness (QED) is 0.402. The van der Waals surface area contributed by atoms with Crippen LogP contribution in [0.1, 0.15) is 32.3 Å². The van der Waals surface area contributed by atoms with E-state index in [1.54, 1.807) is 12.1 Å². The van der Waals surface area contributed by atoms with Gasteiger partial charge in [-0.2, -0.15) is 3.89 Å². The Morgan fingerprint density at radius 2 is 2.10 bits per heavy atom. The fourth-order valence-corrected chi connectivity index (χ4v) is 3.43. The van der Waals surface area contributed by atoms with Crippen molar-refractivity contribution in [1.29, 1.82) is 0 Å². The third-order valence-corrected chi connectivity index (χ3v) is 4.77. The van der Waals surface area contributed by atoms with Crippen LogP contribution in [0.4, 0.5) is 5.69 Å². The number of aryl methyl sites for hydroxylation is 1. The molecule has 0 aliphatic carbocycles. The topological polar surface area (TPSA) is 20.3 Å². The summed E-state index contributed by atoms with van der Waals surface area (Å²) in [5, 5.41) is 0.701. The number of carbonyl (C=O) groups is 1. The first kappa shape index (κ1) is 17.5. The second-order valence-corrected chi connectivity index (χ2v) is 6.86. The highest BCUT2D eigenvalue weighted by Gasteiger charge is 2.32.